The first-order valence-electron chi connectivity index (χ1n) is 11.3. The Morgan fingerprint density at radius 2 is 1.68 bits per heavy atom. The Morgan fingerprint density at radius 3 is 2.16 bits per heavy atom. The van der Waals surface area contributed by atoms with Crippen LogP contribution in [0.1, 0.15) is 73.4 Å². The zero-order chi connectivity index (χ0) is 22.1. The van der Waals surface area contributed by atoms with E-state index in [1.54, 1.807) is 17.9 Å². The molecular weight excluding hydrogens is 414 g/mol. The standard InChI is InChI=1S/C24H30ClN3O3/c1-23(21(27)30)4-5-28(22(23)31)12-16-2-3-17(20(26)29)19(25)18(16)24-9-13-6-14(10-24)8-15(7-13)11-24/h2-3,13-15H,4-12H2,1H3,(H2,26,29)(H2,27,30). The number of halogens is 1. The van der Waals surface area contributed by atoms with Crippen LogP contribution < -0.4 is 11.5 Å². The summed E-state index contributed by atoms with van der Waals surface area (Å²) in [6.45, 7) is 2.48. The lowest BCUT2D eigenvalue weighted by Gasteiger charge is -2.57. The summed E-state index contributed by atoms with van der Waals surface area (Å²) in [4.78, 5) is 38.7. The fourth-order valence-corrected chi connectivity index (χ4v) is 7.91. The fraction of sp³-hybridized carbons (Fsp3) is 0.625. The Balaban J connectivity index is 1.56. The van der Waals surface area contributed by atoms with Gasteiger partial charge in [0, 0.05) is 13.1 Å². The number of benzene rings is 1. The highest BCUT2D eigenvalue weighted by Crippen LogP contribution is 2.62. The topological polar surface area (TPSA) is 106 Å². The minimum absolute atomic E-state index is 0.0532. The molecule has 1 unspecified atom stereocenters. The molecule has 5 aliphatic rings. The lowest BCUT2D eigenvalue weighted by Crippen LogP contribution is -2.49. The lowest BCUT2D eigenvalue weighted by molar-refractivity contribution is -0.143. The molecule has 0 spiro atoms. The quantitative estimate of drug-likeness (QED) is 0.682. The van der Waals surface area contributed by atoms with Crippen molar-refractivity contribution in [3.8, 4) is 0 Å². The van der Waals surface area contributed by atoms with Crippen molar-refractivity contribution in [1.29, 1.82) is 0 Å². The molecule has 31 heavy (non-hydrogen) atoms. The van der Waals surface area contributed by atoms with Crippen LogP contribution in [0.2, 0.25) is 5.02 Å². The summed E-state index contributed by atoms with van der Waals surface area (Å²) in [7, 11) is 0. The van der Waals surface area contributed by atoms with Crippen molar-refractivity contribution in [2.45, 2.75) is 63.8 Å². The maximum Gasteiger partial charge on any atom is 0.250 e. The molecule has 1 atom stereocenters. The van der Waals surface area contributed by atoms with Gasteiger partial charge < -0.3 is 16.4 Å². The van der Waals surface area contributed by atoms with Crippen LogP contribution >= 0.6 is 11.6 Å². The molecule has 1 aromatic rings. The van der Waals surface area contributed by atoms with Gasteiger partial charge in [0.05, 0.1) is 10.6 Å². The maximum absolute atomic E-state index is 13.0. The van der Waals surface area contributed by atoms with Crippen molar-refractivity contribution in [1.82, 2.24) is 4.90 Å². The third-order valence-electron chi connectivity index (χ3n) is 8.61. The number of primary amides is 2. The third-order valence-corrected chi connectivity index (χ3v) is 9.00. The molecule has 5 fully saturated rings. The van der Waals surface area contributed by atoms with E-state index in [0.717, 1.165) is 30.4 Å². The van der Waals surface area contributed by atoms with E-state index in [-0.39, 0.29) is 11.3 Å². The minimum Gasteiger partial charge on any atom is -0.369 e. The molecule has 4 aliphatic carbocycles. The number of amides is 3. The van der Waals surface area contributed by atoms with Crippen molar-refractivity contribution in [3.63, 3.8) is 0 Å². The summed E-state index contributed by atoms with van der Waals surface area (Å²) in [6.07, 6.45) is 7.56. The first-order chi connectivity index (χ1) is 14.6. The molecule has 4 bridgehead atoms. The van der Waals surface area contributed by atoms with Gasteiger partial charge in [-0.05, 0) is 92.2 Å². The summed E-state index contributed by atoms with van der Waals surface area (Å²) < 4.78 is 0. The largest absolute Gasteiger partial charge is 0.369 e. The average molecular weight is 444 g/mol. The van der Waals surface area contributed by atoms with Crippen LogP contribution in [0.25, 0.3) is 0 Å². The third kappa shape index (κ3) is 3.09. The molecule has 1 aromatic carbocycles. The van der Waals surface area contributed by atoms with Gasteiger partial charge in [-0.3, -0.25) is 14.4 Å². The number of nitrogens with two attached hydrogens (primary N) is 2. The van der Waals surface area contributed by atoms with Gasteiger partial charge in [0.2, 0.25) is 17.7 Å². The number of hydrogen-bond donors (Lipinski definition) is 2. The highest BCUT2D eigenvalue weighted by molar-refractivity contribution is 6.34. The molecule has 7 heteroatoms. The monoisotopic (exact) mass is 443 g/mol. The van der Waals surface area contributed by atoms with E-state index in [1.165, 1.54) is 19.3 Å². The van der Waals surface area contributed by atoms with Gasteiger partial charge in [0.1, 0.15) is 5.41 Å². The highest BCUT2D eigenvalue weighted by atomic mass is 35.5. The van der Waals surface area contributed by atoms with E-state index in [4.69, 9.17) is 23.1 Å². The van der Waals surface area contributed by atoms with Crippen molar-refractivity contribution < 1.29 is 14.4 Å². The zero-order valence-corrected chi connectivity index (χ0v) is 18.7. The van der Waals surface area contributed by atoms with Crippen molar-refractivity contribution in [3.05, 3.63) is 33.8 Å². The van der Waals surface area contributed by atoms with Gasteiger partial charge in [-0.15, -0.1) is 0 Å². The number of hydrogen-bond acceptors (Lipinski definition) is 3. The second kappa shape index (κ2) is 6.96. The molecule has 1 saturated heterocycles. The molecule has 4 saturated carbocycles. The van der Waals surface area contributed by atoms with E-state index in [2.05, 4.69) is 0 Å². The van der Waals surface area contributed by atoms with E-state index < -0.39 is 17.2 Å². The van der Waals surface area contributed by atoms with Crippen LogP contribution in [0, 0.1) is 23.2 Å². The predicted molar refractivity (Wildman–Crippen MR) is 117 cm³/mol. The van der Waals surface area contributed by atoms with Gasteiger partial charge in [0.15, 0.2) is 0 Å². The van der Waals surface area contributed by atoms with Crippen molar-refractivity contribution in [2.24, 2.45) is 34.6 Å². The summed E-state index contributed by atoms with van der Waals surface area (Å²) in [5.74, 6) is 0.785. The van der Waals surface area contributed by atoms with Crippen LogP contribution in [0.3, 0.4) is 0 Å². The number of nitrogens with zero attached hydrogens (tertiary/aromatic N) is 1. The molecule has 3 amide bonds. The van der Waals surface area contributed by atoms with Crippen molar-refractivity contribution >= 4 is 29.3 Å². The van der Waals surface area contributed by atoms with E-state index in [0.29, 0.717) is 47.9 Å². The van der Waals surface area contributed by atoms with Gasteiger partial charge in [0.25, 0.3) is 0 Å². The van der Waals surface area contributed by atoms with Crippen LogP contribution in [0.4, 0.5) is 0 Å². The molecule has 6 rings (SSSR count). The van der Waals surface area contributed by atoms with Gasteiger partial charge in [-0.2, -0.15) is 0 Å². The van der Waals surface area contributed by atoms with E-state index >= 15 is 0 Å². The lowest BCUT2D eigenvalue weighted by atomic mass is 9.47. The highest BCUT2D eigenvalue weighted by Gasteiger charge is 2.53. The molecule has 4 N–H and O–H groups in total. The van der Waals surface area contributed by atoms with Crippen LogP contribution in [-0.4, -0.2) is 29.2 Å². The predicted octanol–water partition coefficient (Wildman–Crippen LogP) is 3.13. The Labute approximate surface area is 187 Å². The summed E-state index contributed by atoms with van der Waals surface area (Å²) in [5, 5.41) is 0.455. The number of carbonyl (C=O) groups is 3. The normalized spacial score (nSPS) is 36.3. The van der Waals surface area contributed by atoms with Crippen LogP contribution in [0.5, 0.6) is 0 Å². The van der Waals surface area contributed by atoms with Crippen molar-refractivity contribution in [2.75, 3.05) is 6.54 Å². The van der Waals surface area contributed by atoms with Gasteiger partial charge in [-0.1, -0.05) is 17.7 Å². The van der Waals surface area contributed by atoms with E-state index in [1.807, 2.05) is 6.07 Å². The molecule has 6 nitrogen and oxygen atoms in total. The Kier molecular flexibility index (Phi) is 4.67. The SMILES string of the molecule is CC1(C(N)=O)CCN(Cc2ccc(C(N)=O)c(Cl)c2C23CC4CC(CC(C4)C2)C3)C1=O. The molecule has 0 aromatic heterocycles. The number of carbonyl (C=O) groups excluding carboxylic acids is 3. The van der Waals surface area contributed by atoms with Gasteiger partial charge >= 0.3 is 0 Å². The first kappa shape index (κ1) is 20.8. The van der Waals surface area contributed by atoms with Gasteiger partial charge in [-0.25, -0.2) is 0 Å². The molecular formula is C24H30ClN3O3. The second-order valence-corrected chi connectivity index (χ2v) is 11.1. The second-order valence-electron chi connectivity index (χ2n) is 10.7. The Morgan fingerprint density at radius 1 is 1.10 bits per heavy atom. The fourth-order valence-electron chi connectivity index (χ4n) is 7.43. The summed E-state index contributed by atoms with van der Waals surface area (Å²) >= 11 is 6.89. The molecule has 1 aliphatic heterocycles. The van der Waals surface area contributed by atoms with E-state index in [9.17, 15) is 14.4 Å². The average Bonchev–Trinajstić information content (AvgIpc) is 2.96. The Hall–Kier alpha value is -2.08. The molecule has 0 radical (unpaired) electrons. The summed E-state index contributed by atoms with van der Waals surface area (Å²) in [5.41, 5.74) is 12.3. The zero-order valence-electron chi connectivity index (χ0n) is 18.0. The maximum atomic E-state index is 13.0. The molecule has 166 valence electrons. The number of rotatable bonds is 5. The minimum atomic E-state index is -1.15. The summed E-state index contributed by atoms with van der Waals surface area (Å²) in [6, 6.07) is 3.59. The molecule has 1 heterocycles. The first-order valence-corrected chi connectivity index (χ1v) is 11.7. The van der Waals surface area contributed by atoms with Crippen LogP contribution in [-0.2, 0) is 21.5 Å². The Bertz CT molecular complexity index is 955. The number of likely N-dealkylation sites (tertiary alicyclic amines) is 1. The van der Waals surface area contributed by atoms with Crippen LogP contribution in [0.15, 0.2) is 12.1 Å². The smallest absolute Gasteiger partial charge is 0.250 e.